The number of rotatable bonds is 2. The minimum atomic E-state index is -0.794. The molecule has 2 aliphatic rings. The van der Waals surface area contributed by atoms with Crippen LogP contribution in [0.3, 0.4) is 0 Å². The Kier molecular flexibility index (Phi) is 3.25. The molecule has 5 nitrogen and oxygen atoms in total. The standard InChI is InChI=1S/C13H21NO4/c1-13(2,3)18-12(17)14-6-9(8-4-5-8)10(7-14)11(15)16/h8-10H,4-7H2,1-3H3,(H,15,16)/t9-,10+/m0/s1. The van der Waals surface area contributed by atoms with Gasteiger partial charge in [0.15, 0.2) is 0 Å². The summed E-state index contributed by atoms with van der Waals surface area (Å²) < 4.78 is 5.29. The van der Waals surface area contributed by atoms with Gasteiger partial charge in [-0.2, -0.15) is 0 Å². The maximum Gasteiger partial charge on any atom is 0.410 e. The second-order valence-electron chi connectivity index (χ2n) is 6.33. The molecule has 0 spiro atoms. The maximum atomic E-state index is 11.9. The van der Waals surface area contributed by atoms with E-state index in [1.165, 1.54) is 0 Å². The Balaban J connectivity index is 1.99. The monoisotopic (exact) mass is 255 g/mol. The van der Waals surface area contributed by atoms with Crippen LogP contribution in [0, 0.1) is 17.8 Å². The minimum Gasteiger partial charge on any atom is -0.481 e. The molecule has 2 atom stereocenters. The zero-order valence-electron chi connectivity index (χ0n) is 11.2. The molecule has 0 aromatic carbocycles. The number of hydrogen-bond donors (Lipinski definition) is 1. The van der Waals surface area contributed by atoms with Gasteiger partial charge in [0.2, 0.25) is 0 Å². The van der Waals surface area contributed by atoms with Gasteiger partial charge < -0.3 is 14.7 Å². The molecule has 1 aliphatic carbocycles. The molecule has 102 valence electrons. The molecule has 1 saturated heterocycles. The van der Waals surface area contributed by atoms with Gasteiger partial charge in [0.25, 0.3) is 0 Å². The number of aliphatic carboxylic acids is 1. The summed E-state index contributed by atoms with van der Waals surface area (Å²) in [6, 6.07) is 0. The van der Waals surface area contributed by atoms with Gasteiger partial charge in [-0.1, -0.05) is 0 Å². The number of amides is 1. The fourth-order valence-electron chi connectivity index (χ4n) is 2.57. The van der Waals surface area contributed by atoms with E-state index in [0.29, 0.717) is 12.5 Å². The average Bonchev–Trinajstić information content (AvgIpc) is 2.94. The molecule has 1 heterocycles. The van der Waals surface area contributed by atoms with Crippen LogP contribution in [0.4, 0.5) is 4.79 Å². The molecule has 0 aromatic rings. The first-order valence-corrected chi connectivity index (χ1v) is 6.48. The van der Waals surface area contributed by atoms with Crippen LogP contribution >= 0.6 is 0 Å². The third kappa shape index (κ3) is 2.94. The zero-order chi connectivity index (χ0) is 13.5. The highest BCUT2D eigenvalue weighted by Gasteiger charge is 2.47. The summed E-state index contributed by atoms with van der Waals surface area (Å²) in [5.41, 5.74) is -0.534. The van der Waals surface area contributed by atoms with E-state index in [1.54, 1.807) is 4.90 Å². The van der Waals surface area contributed by atoms with Crippen LogP contribution in [-0.4, -0.2) is 40.8 Å². The largest absolute Gasteiger partial charge is 0.481 e. The van der Waals surface area contributed by atoms with Crippen molar-refractivity contribution in [2.75, 3.05) is 13.1 Å². The Hall–Kier alpha value is -1.26. The fourth-order valence-corrected chi connectivity index (χ4v) is 2.57. The van der Waals surface area contributed by atoms with Crippen molar-refractivity contribution >= 4 is 12.1 Å². The van der Waals surface area contributed by atoms with Gasteiger partial charge in [0.05, 0.1) is 5.92 Å². The summed E-state index contributed by atoms with van der Waals surface area (Å²) in [4.78, 5) is 24.7. The highest BCUT2D eigenvalue weighted by Crippen LogP contribution is 2.44. The molecule has 2 rings (SSSR count). The predicted molar refractivity (Wildman–Crippen MR) is 65.1 cm³/mol. The Morgan fingerprint density at radius 2 is 1.83 bits per heavy atom. The number of nitrogens with zero attached hydrogens (tertiary/aromatic N) is 1. The smallest absolute Gasteiger partial charge is 0.410 e. The van der Waals surface area contributed by atoms with Crippen LogP contribution in [0.15, 0.2) is 0 Å². The molecule has 0 aromatic heterocycles. The fraction of sp³-hybridized carbons (Fsp3) is 0.846. The molecule has 2 fully saturated rings. The second kappa shape index (κ2) is 4.44. The van der Waals surface area contributed by atoms with Crippen LogP contribution in [0.25, 0.3) is 0 Å². The van der Waals surface area contributed by atoms with Gasteiger partial charge in [0.1, 0.15) is 5.60 Å². The molecule has 5 heteroatoms. The van der Waals surface area contributed by atoms with Crippen molar-refractivity contribution in [3.8, 4) is 0 Å². The van der Waals surface area contributed by atoms with E-state index in [0.717, 1.165) is 12.8 Å². The Morgan fingerprint density at radius 3 is 2.28 bits per heavy atom. The number of carbonyl (C=O) groups is 2. The first-order chi connectivity index (χ1) is 8.28. The van der Waals surface area contributed by atoms with Crippen molar-refractivity contribution in [3.63, 3.8) is 0 Å². The van der Waals surface area contributed by atoms with Crippen LogP contribution < -0.4 is 0 Å². The van der Waals surface area contributed by atoms with Crippen molar-refractivity contribution in [1.29, 1.82) is 0 Å². The van der Waals surface area contributed by atoms with E-state index in [1.807, 2.05) is 20.8 Å². The topological polar surface area (TPSA) is 66.8 Å². The Labute approximate surface area is 107 Å². The van der Waals surface area contributed by atoms with Crippen LogP contribution in [-0.2, 0) is 9.53 Å². The Morgan fingerprint density at radius 1 is 1.22 bits per heavy atom. The van der Waals surface area contributed by atoms with Crippen molar-refractivity contribution in [2.45, 2.75) is 39.2 Å². The summed E-state index contributed by atoms with van der Waals surface area (Å²) in [6.45, 7) is 6.25. The molecule has 0 unspecified atom stereocenters. The van der Waals surface area contributed by atoms with E-state index in [2.05, 4.69) is 0 Å². The van der Waals surface area contributed by atoms with Crippen LogP contribution in [0.5, 0.6) is 0 Å². The van der Waals surface area contributed by atoms with E-state index >= 15 is 0 Å². The normalized spacial score (nSPS) is 28.3. The SMILES string of the molecule is CC(C)(C)OC(=O)N1C[C@@H](C(=O)O)[C@H](C2CC2)C1. The maximum absolute atomic E-state index is 11.9. The molecule has 18 heavy (non-hydrogen) atoms. The van der Waals surface area contributed by atoms with Gasteiger partial charge in [-0.25, -0.2) is 4.79 Å². The van der Waals surface area contributed by atoms with Gasteiger partial charge in [-0.15, -0.1) is 0 Å². The average molecular weight is 255 g/mol. The molecule has 1 amide bonds. The summed E-state index contributed by atoms with van der Waals surface area (Å²) in [7, 11) is 0. The zero-order valence-corrected chi connectivity index (χ0v) is 11.2. The number of carbonyl (C=O) groups excluding carboxylic acids is 1. The van der Waals surface area contributed by atoms with Crippen molar-refractivity contribution in [3.05, 3.63) is 0 Å². The number of likely N-dealkylation sites (tertiary alicyclic amines) is 1. The summed E-state index contributed by atoms with van der Waals surface area (Å²) in [5.74, 6) is -0.628. The van der Waals surface area contributed by atoms with Crippen LogP contribution in [0.1, 0.15) is 33.6 Å². The van der Waals surface area contributed by atoms with E-state index in [9.17, 15) is 14.7 Å². The summed E-state index contributed by atoms with van der Waals surface area (Å²) >= 11 is 0. The van der Waals surface area contributed by atoms with Gasteiger partial charge in [0, 0.05) is 13.1 Å². The minimum absolute atomic E-state index is 0.106. The van der Waals surface area contributed by atoms with E-state index < -0.39 is 23.6 Å². The lowest BCUT2D eigenvalue weighted by Crippen LogP contribution is -2.36. The quantitative estimate of drug-likeness (QED) is 0.819. The van der Waals surface area contributed by atoms with Crippen molar-refractivity contribution < 1.29 is 19.4 Å². The molecular formula is C13H21NO4. The number of hydrogen-bond acceptors (Lipinski definition) is 3. The highest BCUT2D eigenvalue weighted by atomic mass is 16.6. The number of ether oxygens (including phenoxy) is 1. The molecule has 1 saturated carbocycles. The number of carboxylic acids is 1. The molecule has 0 radical (unpaired) electrons. The van der Waals surface area contributed by atoms with Crippen molar-refractivity contribution in [1.82, 2.24) is 4.90 Å². The lowest BCUT2D eigenvalue weighted by Gasteiger charge is -2.24. The third-order valence-corrected chi connectivity index (χ3v) is 3.56. The summed E-state index contributed by atoms with van der Waals surface area (Å²) in [6.07, 6.45) is 1.80. The first kappa shape index (κ1) is 13.2. The lowest BCUT2D eigenvalue weighted by molar-refractivity contribution is -0.142. The second-order valence-corrected chi connectivity index (χ2v) is 6.33. The lowest BCUT2D eigenvalue weighted by atomic mass is 9.92. The third-order valence-electron chi connectivity index (χ3n) is 3.56. The van der Waals surface area contributed by atoms with Crippen molar-refractivity contribution in [2.24, 2.45) is 17.8 Å². The van der Waals surface area contributed by atoms with Gasteiger partial charge in [-0.05, 0) is 45.4 Å². The number of carboxylic acid groups (broad SMARTS) is 1. The highest BCUT2D eigenvalue weighted by molar-refractivity contribution is 5.74. The van der Waals surface area contributed by atoms with Gasteiger partial charge >= 0.3 is 12.1 Å². The van der Waals surface area contributed by atoms with Crippen LogP contribution in [0.2, 0.25) is 0 Å². The predicted octanol–water partition coefficient (Wildman–Crippen LogP) is 1.96. The van der Waals surface area contributed by atoms with E-state index in [4.69, 9.17) is 4.74 Å². The molecular weight excluding hydrogens is 234 g/mol. The first-order valence-electron chi connectivity index (χ1n) is 6.48. The summed E-state index contributed by atoms with van der Waals surface area (Å²) in [5, 5.41) is 9.21. The van der Waals surface area contributed by atoms with Gasteiger partial charge in [-0.3, -0.25) is 4.79 Å². The Bertz CT molecular complexity index is 356. The molecule has 1 aliphatic heterocycles. The molecule has 0 bridgehead atoms. The molecule has 1 N–H and O–H groups in total. The van der Waals surface area contributed by atoms with E-state index in [-0.39, 0.29) is 12.5 Å².